The second-order valence-corrected chi connectivity index (χ2v) is 5.62. The summed E-state index contributed by atoms with van der Waals surface area (Å²) in [5.74, 6) is -2.90. The molecule has 106 valence electrons. The van der Waals surface area contributed by atoms with Crippen molar-refractivity contribution in [3.8, 4) is 0 Å². The van der Waals surface area contributed by atoms with E-state index in [0.29, 0.717) is 13.0 Å². The van der Waals surface area contributed by atoms with Gasteiger partial charge in [0.2, 0.25) is 0 Å². The average molecular weight is 264 g/mol. The van der Waals surface area contributed by atoms with Gasteiger partial charge < -0.3 is 15.4 Å². The van der Waals surface area contributed by atoms with Crippen molar-refractivity contribution in [3.63, 3.8) is 0 Å². The summed E-state index contributed by atoms with van der Waals surface area (Å²) < 4.78 is 32.6. The van der Waals surface area contributed by atoms with Gasteiger partial charge in [0.1, 0.15) is 11.6 Å². The van der Waals surface area contributed by atoms with Gasteiger partial charge in [-0.1, -0.05) is 0 Å². The minimum absolute atomic E-state index is 0.0617. The molecule has 1 aliphatic heterocycles. The van der Waals surface area contributed by atoms with Gasteiger partial charge in [0.25, 0.3) is 5.92 Å². The van der Waals surface area contributed by atoms with Crippen molar-refractivity contribution in [1.29, 1.82) is 0 Å². The zero-order valence-electron chi connectivity index (χ0n) is 11.2. The molecule has 1 saturated heterocycles. The van der Waals surface area contributed by atoms with Gasteiger partial charge in [-0.2, -0.15) is 0 Å². The van der Waals surface area contributed by atoms with Crippen LogP contribution in [-0.4, -0.2) is 36.7 Å². The van der Waals surface area contributed by atoms with Crippen LogP contribution in [0, 0.1) is 0 Å². The monoisotopic (exact) mass is 264 g/mol. The molecule has 6 heteroatoms. The van der Waals surface area contributed by atoms with E-state index in [1.807, 2.05) is 0 Å². The van der Waals surface area contributed by atoms with E-state index in [1.54, 1.807) is 20.8 Å². The van der Waals surface area contributed by atoms with Gasteiger partial charge in [0.05, 0.1) is 0 Å². The molecule has 0 radical (unpaired) electrons. The van der Waals surface area contributed by atoms with Crippen LogP contribution in [0.25, 0.3) is 0 Å². The molecule has 0 aliphatic carbocycles. The molecule has 0 aromatic carbocycles. The number of hydrogen-bond acceptors (Lipinski definition) is 3. The zero-order valence-corrected chi connectivity index (χ0v) is 11.2. The summed E-state index contributed by atoms with van der Waals surface area (Å²) in [6.45, 7) is 5.85. The minimum Gasteiger partial charge on any atom is -0.444 e. The van der Waals surface area contributed by atoms with E-state index in [0.717, 1.165) is 6.42 Å². The lowest BCUT2D eigenvalue weighted by atomic mass is 10.0. The van der Waals surface area contributed by atoms with E-state index in [2.05, 4.69) is 10.6 Å². The molecule has 0 aromatic heterocycles. The van der Waals surface area contributed by atoms with Crippen molar-refractivity contribution in [2.45, 2.75) is 57.6 Å². The van der Waals surface area contributed by atoms with Gasteiger partial charge in [-0.15, -0.1) is 0 Å². The third-order valence-corrected chi connectivity index (χ3v) is 2.66. The van der Waals surface area contributed by atoms with Crippen molar-refractivity contribution < 1.29 is 18.3 Å². The van der Waals surface area contributed by atoms with Crippen LogP contribution in [0.2, 0.25) is 0 Å². The maximum Gasteiger partial charge on any atom is 0.408 e. The SMILES string of the molecule is CC(C)(C)OC(=O)N[C@@H]1CNCCCCC1(F)F. The predicted molar refractivity (Wildman–Crippen MR) is 64.8 cm³/mol. The third-order valence-electron chi connectivity index (χ3n) is 2.66. The van der Waals surface area contributed by atoms with E-state index >= 15 is 0 Å². The normalized spacial score (nSPS) is 24.8. The quantitative estimate of drug-likeness (QED) is 0.764. The molecular formula is C12H22F2N2O2. The van der Waals surface area contributed by atoms with E-state index < -0.39 is 23.7 Å². The maximum absolute atomic E-state index is 13.8. The number of nitrogens with one attached hydrogen (secondary N) is 2. The largest absolute Gasteiger partial charge is 0.444 e. The fourth-order valence-electron chi connectivity index (χ4n) is 1.79. The molecule has 0 spiro atoms. The highest BCUT2D eigenvalue weighted by Crippen LogP contribution is 2.26. The summed E-state index contributed by atoms with van der Waals surface area (Å²) >= 11 is 0. The third kappa shape index (κ3) is 5.16. The van der Waals surface area contributed by atoms with Crippen molar-refractivity contribution >= 4 is 6.09 Å². The van der Waals surface area contributed by atoms with E-state index in [1.165, 1.54) is 0 Å². The molecule has 2 N–H and O–H groups in total. The lowest BCUT2D eigenvalue weighted by molar-refractivity contribution is -0.0516. The Balaban J connectivity index is 2.58. The summed E-state index contributed by atoms with van der Waals surface area (Å²) in [6.07, 6.45) is 0.186. The first-order valence-electron chi connectivity index (χ1n) is 6.29. The van der Waals surface area contributed by atoms with Gasteiger partial charge in [-0.3, -0.25) is 0 Å². The van der Waals surface area contributed by atoms with E-state index in [4.69, 9.17) is 4.74 Å². The van der Waals surface area contributed by atoms with Crippen LogP contribution in [0.15, 0.2) is 0 Å². The highest BCUT2D eigenvalue weighted by atomic mass is 19.3. The van der Waals surface area contributed by atoms with Crippen LogP contribution in [0.4, 0.5) is 13.6 Å². The van der Waals surface area contributed by atoms with Crippen LogP contribution in [0.3, 0.4) is 0 Å². The standard InChI is InChI=1S/C12H22F2N2O2/c1-11(2,3)18-10(17)16-9-8-15-7-5-4-6-12(9,13)14/h9,15H,4-8H2,1-3H3,(H,16,17)/t9-/m1/s1. The van der Waals surface area contributed by atoms with Gasteiger partial charge in [-0.05, 0) is 40.2 Å². The zero-order chi connectivity index (χ0) is 13.8. The first kappa shape index (κ1) is 15.1. The second kappa shape index (κ2) is 5.82. The minimum atomic E-state index is -2.90. The summed E-state index contributed by atoms with van der Waals surface area (Å²) in [5.41, 5.74) is -0.686. The molecule has 1 heterocycles. The lowest BCUT2D eigenvalue weighted by Crippen LogP contribution is -2.54. The molecule has 0 unspecified atom stereocenters. The highest BCUT2D eigenvalue weighted by molar-refractivity contribution is 5.68. The molecule has 1 amide bonds. The van der Waals surface area contributed by atoms with E-state index in [9.17, 15) is 13.6 Å². The number of amides is 1. The molecule has 1 atom stereocenters. The fourth-order valence-corrected chi connectivity index (χ4v) is 1.79. The molecule has 4 nitrogen and oxygen atoms in total. The molecule has 1 rings (SSSR count). The molecule has 0 aromatic rings. The smallest absolute Gasteiger partial charge is 0.408 e. The average Bonchev–Trinajstić information content (AvgIpc) is 2.16. The fraction of sp³-hybridized carbons (Fsp3) is 0.917. The molecule has 18 heavy (non-hydrogen) atoms. The molecule has 1 fully saturated rings. The van der Waals surface area contributed by atoms with Gasteiger partial charge in [-0.25, -0.2) is 13.6 Å². The second-order valence-electron chi connectivity index (χ2n) is 5.62. The summed E-state index contributed by atoms with van der Waals surface area (Å²) in [6, 6.07) is -1.22. The number of alkyl halides is 2. The predicted octanol–water partition coefficient (Wildman–Crippen LogP) is 2.29. The maximum atomic E-state index is 13.8. The Morgan fingerprint density at radius 3 is 2.67 bits per heavy atom. The Kier molecular flexibility index (Phi) is 4.90. The lowest BCUT2D eigenvalue weighted by Gasteiger charge is -2.31. The Bertz CT molecular complexity index is 290. The van der Waals surface area contributed by atoms with Crippen LogP contribution >= 0.6 is 0 Å². The number of carbonyl (C=O) groups excluding carboxylic acids is 1. The van der Waals surface area contributed by atoms with Crippen molar-refractivity contribution in [3.05, 3.63) is 0 Å². The van der Waals surface area contributed by atoms with Gasteiger partial charge in [0, 0.05) is 13.0 Å². The van der Waals surface area contributed by atoms with Gasteiger partial charge in [0.15, 0.2) is 0 Å². The molecule has 0 bridgehead atoms. The first-order chi connectivity index (χ1) is 8.21. The molecular weight excluding hydrogens is 242 g/mol. The number of hydrogen-bond donors (Lipinski definition) is 2. The Morgan fingerprint density at radius 1 is 1.39 bits per heavy atom. The van der Waals surface area contributed by atoms with Crippen molar-refractivity contribution in [2.75, 3.05) is 13.1 Å². The molecule has 1 aliphatic rings. The highest BCUT2D eigenvalue weighted by Gasteiger charge is 2.41. The number of carbonyl (C=O) groups is 1. The number of alkyl carbamates (subject to hydrolysis) is 1. The Hall–Kier alpha value is -0.910. The molecule has 0 saturated carbocycles. The Labute approximate surface area is 106 Å². The number of rotatable bonds is 1. The number of ether oxygens (including phenoxy) is 1. The first-order valence-corrected chi connectivity index (χ1v) is 6.29. The Morgan fingerprint density at radius 2 is 2.06 bits per heavy atom. The summed E-state index contributed by atoms with van der Waals surface area (Å²) in [4.78, 5) is 11.5. The van der Waals surface area contributed by atoms with Crippen molar-refractivity contribution in [2.24, 2.45) is 0 Å². The van der Waals surface area contributed by atoms with Crippen molar-refractivity contribution in [1.82, 2.24) is 10.6 Å². The van der Waals surface area contributed by atoms with E-state index in [-0.39, 0.29) is 13.0 Å². The van der Waals surface area contributed by atoms with Gasteiger partial charge >= 0.3 is 6.09 Å². The summed E-state index contributed by atoms with van der Waals surface area (Å²) in [5, 5.41) is 5.17. The topological polar surface area (TPSA) is 50.4 Å². The van der Waals surface area contributed by atoms with Crippen LogP contribution in [0.1, 0.15) is 40.0 Å². The van der Waals surface area contributed by atoms with Crippen LogP contribution < -0.4 is 10.6 Å². The summed E-state index contributed by atoms with van der Waals surface area (Å²) in [7, 11) is 0. The number of halogens is 2. The van der Waals surface area contributed by atoms with Crippen LogP contribution in [0.5, 0.6) is 0 Å². The van der Waals surface area contributed by atoms with Crippen LogP contribution in [-0.2, 0) is 4.74 Å².